The van der Waals surface area contributed by atoms with Crippen molar-refractivity contribution in [2.45, 2.75) is 38.6 Å². The van der Waals surface area contributed by atoms with Gasteiger partial charge in [0.25, 0.3) is 0 Å². The van der Waals surface area contributed by atoms with Crippen LogP contribution in [0.5, 0.6) is 0 Å². The maximum absolute atomic E-state index is 11.5. The number of hydrogen-bond acceptors (Lipinski definition) is 4. The highest BCUT2D eigenvalue weighted by Crippen LogP contribution is 2.18. The normalized spacial score (nSPS) is 16.3. The van der Waals surface area contributed by atoms with Gasteiger partial charge in [-0.15, -0.1) is 0 Å². The van der Waals surface area contributed by atoms with Crippen molar-refractivity contribution >= 4 is 10.0 Å². The quantitative estimate of drug-likeness (QED) is 0.533. The van der Waals surface area contributed by atoms with Gasteiger partial charge in [0.05, 0.1) is 12.4 Å². The van der Waals surface area contributed by atoms with E-state index in [9.17, 15) is 8.42 Å². The lowest BCUT2D eigenvalue weighted by molar-refractivity contribution is 0.153. The maximum Gasteiger partial charge on any atom is 0.211 e. The van der Waals surface area contributed by atoms with Gasteiger partial charge in [0.2, 0.25) is 10.0 Å². The van der Waals surface area contributed by atoms with E-state index in [0.717, 1.165) is 13.0 Å². The van der Waals surface area contributed by atoms with Gasteiger partial charge in [0.15, 0.2) is 0 Å². The van der Waals surface area contributed by atoms with Gasteiger partial charge in [-0.05, 0) is 39.2 Å². The van der Waals surface area contributed by atoms with Crippen LogP contribution >= 0.6 is 0 Å². The molecule has 1 aliphatic rings. The highest BCUT2D eigenvalue weighted by Gasteiger charge is 2.19. The predicted octanol–water partition coefficient (Wildman–Crippen LogP) is 0.475. The van der Waals surface area contributed by atoms with Crippen LogP contribution in [0.15, 0.2) is 0 Å². The minimum Gasteiger partial charge on any atom is -0.380 e. The molecule has 1 saturated carbocycles. The van der Waals surface area contributed by atoms with Crippen LogP contribution in [0.3, 0.4) is 0 Å². The van der Waals surface area contributed by atoms with Crippen LogP contribution in [0.4, 0.5) is 0 Å². The molecule has 0 heterocycles. The van der Waals surface area contributed by atoms with Gasteiger partial charge in [0.1, 0.15) is 0 Å². The number of ether oxygens (including phenoxy) is 1. The lowest BCUT2D eigenvalue weighted by Crippen LogP contribution is -2.30. The number of hydrogen-bond donors (Lipinski definition) is 2. The van der Waals surface area contributed by atoms with E-state index in [1.54, 1.807) is 0 Å². The molecule has 1 aliphatic carbocycles. The van der Waals surface area contributed by atoms with Crippen LogP contribution < -0.4 is 10.0 Å². The van der Waals surface area contributed by atoms with Crippen molar-refractivity contribution in [1.29, 1.82) is 0 Å². The number of rotatable bonds is 11. The summed E-state index contributed by atoms with van der Waals surface area (Å²) in [5, 5.41) is 3.37. The minimum absolute atomic E-state index is 0.214. The van der Waals surface area contributed by atoms with Gasteiger partial charge in [-0.3, -0.25) is 0 Å². The summed E-state index contributed by atoms with van der Waals surface area (Å²) in [6, 6.07) is 0.705. The number of sulfonamides is 1. The molecule has 0 unspecified atom stereocenters. The van der Waals surface area contributed by atoms with Crippen molar-refractivity contribution in [3.63, 3.8) is 0 Å². The summed E-state index contributed by atoms with van der Waals surface area (Å²) in [5.74, 6) is 0.214. The van der Waals surface area contributed by atoms with E-state index in [1.807, 2.05) is 6.92 Å². The van der Waals surface area contributed by atoms with Crippen LogP contribution in [0.1, 0.15) is 32.6 Å². The van der Waals surface area contributed by atoms with Crippen molar-refractivity contribution in [2.24, 2.45) is 0 Å². The first-order valence-electron chi connectivity index (χ1n) is 6.42. The Labute approximate surface area is 104 Å². The zero-order valence-electron chi connectivity index (χ0n) is 10.6. The third-order valence-electron chi connectivity index (χ3n) is 2.62. The fourth-order valence-electron chi connectivity index (χ4n) is 1.50. The second-order valence-corrected chi connectivity index (χ2v) is 6.27. The van der Waals surface area contributed by atoms with Gasteiger partial charge in [-0.1, -0.05) is 0 Å². The molecule has 0 bridgehead atoms. The number of unbranched alkanes of at least 4 members (excludes halogenated alkanes) is 1. The van der Waals surface area contributed by atoms with Crippen LogP contribution in [-0.2, 0) is 14.8 Å². The summed E-state index contributed by atoms with van der Waals surface area (Å²) in [4.78, 5) is 0. The fraction of sp³-hybridized carbons (Fsp3) is 1.00. The minimum atomic E-state index is -3.10. The highest BCUT2D eigenvalue weighted by atomic mass is 32.2. The van der Waals surface area contributed by atoms with Gasteiger partial charge >= 0.3 is 0 Å². The molecule has 6 heteroatoms. The summed E-state index contributed by atoms with van der Waals surface area (Å²) >= 11 is 0. The van der Waals surface area contributed by atoms with E-state index < -0.39 is 10.0 Å². The SMILES string of the molecule is CCOCCNS(=O)(=O)CCCCNC1CC1. The smallest absolute Gasteiger partial charge is 0.211 e. The molecule has 2 N–H and O–H groups in total. The van der Waals surface area contributed by atoms with Crippen LogP contribution in [0.25, 0.3) is 0 Å². The Bertz CT molecular complexity index is 289. The van der Waals surface area contributed by atoms with Crippen LogP contribution in [0, 0.1) is 0 Å². The Morgan fingerprint density at radius 1 is 1.24 bits per heavy atom. The molecule has 0 saturated heterocycles. The first-order valence-corrected chi connectivity index (χ1v) is 8.08. The van der Waals surface area contributed by atoms with Crippen molar-refractivity contribution in [3.05, 3.63) is 0 Å². The molecular formula is C11H24N2O3S. The summed E-state index contributed by atoms with van der Waals surface area (Å²) in [6.45, 7) is 4.25. The van der Waals surface area contributed by atoms with Crippen LogP contribution in [-0.4, -0.2) is 46.5 Å². The Balaban J connectivity index is 1.94. The molecule has 1 rings (SSSR count). The topological polar surface area (TPSA) is 67.4 Å². The fourth-order valence-corrected chi connectivity index (χ4v) is 2.62. The summed E-state index contributed by atoms with van der Waals surface area (Å²) in [5.41, 5.74) is 0. The monoisotopic (exact) mass is 264 g/mol. The average Bonchev–Trinajstić information content (AvgIpc) is 3.08. The van der Waals surface area contributed by atoms with E-state index in [1.165, 1.54) is 12.8 Å². The van der Waals surface area contributed by atoms with Crippen LogP contribution in [0.2, 0.25) is 0 Å². The molecule has 0 amide bonds. The van der Waals surface area contributed by atoms with Gasteiger partial charge in [0, 0.05) is 19.2 Å². The Hall–Kier alpha value is -0.170. The largest absolute Gasteiger partial charge is 0.380 e. The van der Waals surface area contributed by atoms with Gasteiger partial charge < -0.3 is 10.1 Å². The maximum atomic E-state index is 11.5. The van der Waals surface area contributed by atoms with Crippen molar-refractivity contribution in [2.75, 3.05) is 32.1 Å². The molecule has 17 heavy (non-hydrogen) atoms. The summed E-state index contributed by atoms with van der Waals surface area (Å²) in [7, 11) is -3.10. The van der Waals surface area contributed by atoms with Crippen molar-refractivity contribution < 1.29 is 13.2 Å². The molecule has 5 nitrogen and oxygen atoms in total. The molecule has 1 fully saturated rings. The molecule has 0 aromatic rings. The zero-order chi connectivity index (χ0) is 12.6. The van der Waals surface area contributed by atoms with E-state index in [0.29, 0.717) is 32.2 Å². The molecule has 0 radical (unpaired) electrons. The van der Waals surface area contributed by atoms with E-state index in [-0.39, 0.29) is 5.75 Å². The lowest BCUT2D eigenvalue weighted by Gasteiger charge is -2.07. The first-order chi connectivity index (χ1) is 8.14. The second-order valence-electron chi connectivity index (χ2n) is 4.35. The molecule has 0 atom stereocenters. The molecular weight excluding hydrogens is 240 g/mol. The summed E-state index contributed by atoms with van der Waals surface area (Å²) < 4.78 is 30.6. The standard InChI is InChI=1S/C11H24N2O3S/c1-2-16-9-8-13-17(14,15)10-4-3-7-12-11-5-6-11/h11-13H,2-10H2,1H3. The van der Waals surface area contributed by atoms with E-state index in [2.05, 4.69) is 10.0 Å². The molecule has 0 aliphatic heterocycles. The van der Waals surface area contributed by atoms with Crippen molar-refractivity contribution in [1.82, 2.24) is 10.0 Å². The average molecular weight is 264 g/mol. The van der Waals surface area contributed by atoms with E-state index >= 15 is 0 Å². The third kappa shape index (κ3) is 8.54. The summed E-state index contributed by atoms with van der Waals surface area (Å²) in [6.07, 6.45) is 4.18. The number of nitrogens with one attached hydrogen (secondary N) is 2. The second kappa shape index (κ2) is 8.02. The Morgan fingerprint density at radius 3 is 2.65 bits per heavy atom. The molecule has 102 valence electrons. The molecule has 0 aromatic heterocycles. The molecule has 0 spiro atoms. The van der Waals surface area contributed by atoms with Gasteiger partial charge in [-0.25, -0.2) is 13.1 Å². The Morgan fingerprint density at radius 2 is 2.00 bits per heavy atom. The first kappa shape index (κ1) is 14.9. The predicted molar refractivity (Wildman–Crippen MR) is 68.5 cm³/mol. The third-order valence-corrected chi connectivity index (χ3v) is 4.09. The lowest BCUT2D eigenvalue weighted by atomic mass is 10.3. The van der Waals surface area contributed by atoms with Gasteiger partial charge in [-0.2, -0.15) is 0 Å². The Kier molecular flexibility index (Phi) is 7.03. The highest BCUT2D eigenvalue weighted by molar-refractivity contribution is 7.89. The van der Waals surface area contributed by atoms with Crippen molar-refractivity contribution in [3.8, 4) is 0 Å². The van der Waals surface area contributed by atoms with E-state index in [4.69, 9.17) is 4.74 Å². The molecule has 0 aromatic carbocycles. The zero-order valence-corrected chi connectivity index (χ0v) is 11.4.